The molecule has 0 bridgehead atoms. The van der Waals surface area contributed by atoms with Crippen LogP contribution in [0.1, 0.15) is 23.0 Å². The number of hydrazone groups is 1. The molecule has 1 aromatic carbocycles. The van der Waals surface area contributed by atoms with Gasteiger partial charge >= 0.3 is 5.97 Å². The van der Waals surface area contributed by atoms with Gasteiger partial charge in [0.2, 0.25) is 5.91 Å². The molecule has 0 fully saturated rings. The highest BCUT2D eigenvalue weighted by atomic mass is 16.4. The van der Waals surface area contributed by atoms with E-state index in [0.29, 0.717) is 0 Å². The van der Waals surface area contributed by atoms with Crippen molar-refractivity contribution in [1.29, 1.82) is 0 Å². The Labute approximate surface area is 115 Å². The topological polar surface area (TPSA) is 83.7 Å². The quantitative estimate of drug-likeness (QED) is 0.655. The molecule has 0 saturated heterocycles. The summed E-state index contributed by atoms with van der Waals surface area (Å²) in [5.74, 6) is -1.21. The van der Waals surface area contributed by atoms with Gasteiger partial charge in [0.05, 0.1) is 17.5 Å². The van der Waals surface area contributed by atoms with Crippen LogP contribution < -0.4 is 5.43 Å². The van der Waals surface area contributed by atoms with Crippen molar-refractivity contribution in [3.05, 3.63) is 53.9 Å². The van der Waals surface area contributed by atoms with Crippen LogP contribution in [-0.2, 0) is 4.79 Å². The molecule has 0 unspecified atom stereocenters. The first kappa shape index (κ1) is 13.5. The molecule has 0 radical (unpaired) electrons. The molecular formula is C14H13N3O3. The average molecular weight is 271 g/mol. The number of nitrogens with one attached hydrogen (secondary N) is 1. The minimum Gasteiger partial charge on any atom is -0.478 e. The Kier molecular flexibility index (Phi) is 3.95. The number of aromatic carboxylic acids is 1. The van der Waals surface area contributed by atoms with Gasteiger partial charge in [0.15, 0.2) is 0 Å². The number of rotatable bonds is 4. The summed E-state index contributed by atoms with van der Waals surface area (Å²) in [5, 5.41) is 12.7. The van der Waals surface area contributed by atoms with Crippen LogP contribution in [0.25, 0.3) is 5.69 Å². The number of hydrogen-bond donors (Lipinski definition) is 2. The average Bonchev–Trinajstić information content (AvgIpc) is 2.87. The first-order valence-electron chi connectivity index (χ1n) is 5.88. The van der Waals surface area contributed by atoms with Crippen LogP contribution in [0.2, 0.25) is 0 Å². The molecule has 6 heteroatoms. The summed E-state index contributed by atoms with van der Waals surface area (Å²) < 4.78 is 1.83. The third-order valence-corrected chi connectivity index (χ3v) is 2.59. The lowest BCUT2D eigenvalue weighted by Crippen LogP contribution is -2.12. The van der Waals surface area contributed by atoms with Gasteiger partial charge in [-0.25, -0.2) is 10.2 Å². The van der Waals surface area contributed by atoms with Gasteiger partial charge in [-0.05, 0) is 36.4 Å². The van der Waals surface area contributed by atoms with E-state index in [0.717, 1.165) is 11.4 Å². The third kappa shape index (κ3) is 3.11. The molecule has 0 aliphatic carbocycles. The molecule has 20 heavy (non-hydrogen) atoms. The van der Waals surface area contributed by atoms with Crippen molar-refractivity contribution >= 4 is 18.1 Å². The second-order valence-corrected chi connectivity index (χ2v) is 4.08. The lowest BCUT2D eigenvalue weighted by atomic mass is 10.2. The Balaban J connectivity index is 2.25. The molecule has 0 aliphatic rings. The molecule has 2 aromatic rings. The van der Waals surface area contributed by atoms with Gasteiger partial charge in [-0.2, -0.15) is 5.10 Å². The number of hydrogen-bond acceptors (Lipinski definition) is 3. The van der Waals surface area contributed by atoms with Crippen LogP contribution in [0.3, 0.4) is 0 Å². The molecule has 2 N–H and O–H groups in total. The summed E-state index contributed by atoms with van der Waals surface area (Å²) in [6.07, 6.45) is 3.34. The van der Waals surface area contributed by atoms with Crippen LogP contribution >= 0.6 is 0 Å². The molecule has 1 amide bonds. The molecule has 1 heterocycles. The molecule has 2 rings (SSSR count). The van der Waals surface area contributed by atoms with E-state index < -0.39 is 5.97 Å². The zero-order chi connectivity index (χ0) is 14.5. The van der Waals surface area contributed by atoms with Crippen LogP contribution in [0.4, 0.5) is 0 Å². The van der Waals surface area contributed by atoms with Gasteiger partial charge in [0.25, 0.3) is 0 Å². The van der Waals surface area contributed by atoms with Gasteiger partial charge in [-0.3, -0.25) is 4.79 Å². The number of benzene rings is 1. The molecule has 0 atom stereocenters. The second-order valence-electron chi connectivity index (χ2n) is 4.08. The molecule has 0 saturated carbocycles. The molecule has 0 aliphatic heterocycles. The summed E-state index contributed by atoms with van der Waals surface area (Å²) in [7, 11) is 0. The Hall–Kier alpha value is -2.89. The number of amides is 1. The number of carbonyl (C=O) groups excluding carboxylic acids is 1. The number of carboxylic acid groups (broad SMARTS) is 1. The van der Waals surface area contributed by atoms with E-state index in [2.05, 4.69) is 10.5 Å². The fourth-order valence-electron chi connectivity index (χ4n) is 1.69. The SMILES string of the molecule is CC(=O)NN=Cc1cccn1-c1ccc(C(=O)O)cc1. The highest BCUT2D eigenvalue weighted by molar-refractivity contribution is 5.88. The first-order chi connectivity index (χ1) is 9.58. The Morgan fingerprint density at radius 2 is 1.95 bits per heavy atom. The molecule has 1 aromatic heterocycles. The Morgan fingerprint density at radius 3 is 2.55 bits per heavy atom. The molecule has 6 nitrogen and oxygen atoms in total. The summed E-state index contributed by atoms with van der Waals surface area (Å²) in [5.41, 5.74) is 4.13. The summed E-state index contributed by atoms with van der Waals surface area (Å²) in [6.45, 7) is 1.38. The van der Waals surface area contributed by atoms with E-state index >= 15 is 0 Å². The lowest BCUT2D eigenvalue weighted by Gasteiger charge is -2.06. The fourth-order valence-corrected chi connectivity index (χ4v) is 1.69. The predicted molar refractivity (Wildman–Crippen MR) is 74.1 cm³/mol. The Bertz CT molecular complexity index is 657. The number of carbonyl (C=O) groups is 2. The van der Waals surface area contributed by atoms with Gasteiger partial charge in [-0.1, -0.05) is 0 Å². The van der Waals surface area contributed by atoms with E-state index in [1.54, 1.807) is 12.1 Å². The smallest absolute Gasteiger partial charge is 0.335 e. The first-order valence-corrected chi connectivity index (χ1v) is 5.88. The highest BCUT2D eigenvalue weighted by Gasteiger charge is 2.04. The van der Waals surface area contributed by atoms with E-state index in [9.17, 15) is 9.59 Å². The van der Waals surface area contributed by atoms with E-state index in [1.165, 1.54) is 25.3 Å². The number of aromatic nitrogens is 1. The zero-order valence-electron chi connectivity index (χ0n) is 10.8. The lowest BCUT2D eigenvalue weighted by molar-refractivity contribution is -0.118. The van der Waals surface area contributed by atoms with Crippen molar-refractivity contribution in [2.75, 3.05) is 0 Å². The predicted octanol–water partition coefficient (Wildman–Crippen LogP) is 1.65. The van der Waals surface area contributed by atoms with Gasteiger partial charge in [0.1, 0.15) is 0 Å². The number of nitrogens with zero attached hydrogens (tertiary/aromatic N) is 2. The van der Waals surface area contributed by atoms with Crippen molar-refractivity contribution in [2.24, 2.45) is 5.10 Å². The zero-order valence-corrected chi connectivity index (χ0v) is 10.8. The fraction of sp³-hybridized carbons (Fsp3) is 0.0714. The summed E-state index contributed by atoms with van der Waals surface area (Å²) in [6, 6.07) is 10.1. The molecule has 102 valence electrons. The summed E-state index contributed by atoms with van der Waals surface area (Å²) >= 11 is 0. The van der Waals surface area contributed by atoms with Crippen molar-refractivity contribution in [2.45, 2.75) is 6.92 Å². The van der Waals surface area contributed by atoms with Gasteiger partial charge < -0.3 is 9.67 Å². The monoisotopic (exact) mass is 271 g/mol. The third-order valence-electron chi connectivity index (χ3n) is 2.59. The molecule has 0 spiro atoms. The maximum atomic E-state index is 10.8. The number of carboxylic acids is 1. The largest absolute Gasteiger partial charge is 0.478 e. The van der Waals surface area contributed by atoms with E-state index in [4.69, 9.17) is 5.11 Å². The van der Waals surface area contributed by atoms with Crippen LogP contribution in [0, 0.1) is 0 Å². The maximum Gasteiger partial charge on any atom is 0.335 e. The normalized spacial score (nSPS) is 10.7. The van der Waals surface area contributed by atoms with Crippen molar-refractivity contribution in [1.82, 2.24) is 9.99 Å². The van der Waals surface area contributed by atoms with Gasteiger partial charge in [-0.15, -0.1) is 0 Å². The van der Waals surface area contributed by atoms with Gasteiger partial charge in [0, 0.05) is 18.8 Å². The minimum absolute atomic E-state index is 0.231. The molecular weight excluding hydrogens is 258 g/mol. The highest BCUT2D eigenvalue weighted by Crippen LogP contribution is 2.13. The van der Waals surface area contributed by atoms with Crippen LogP contribution in [0.15, 0.2) is 47.7 Å². The maximum absolute atomic E-state index is 10.8. The Morgan fingerprint density at radius 1 is 1.25 bits per heavy atom. The van der Waals surface area contributed by atoms with E-state index in [-0.39, 0.29) is 11.5 Å². The summed E-state index contributed by atoms with van der Waals surface area (Å²) in [4.78, 5) is 21.5. The van der Waals surface area contributed by atoms with Crippen molar-refractivity contribution in [3.63, 3.8) is 0 Å². The van der Waals surface area contributed by atoms with Crippen molar-refractivity contribution < 1.29 is 14.7 Å². The van der Waals surface area contributed by atoms with Crippen LogP contribution in [0.5, 0.6) is 0 Å². The standard InChI is InChI=1S/C14H13N3O3/c1-10(18)16-15-9-13-3-2-8-17(13)12-6-4-11(5-7-12)14(19)20/h2-9H,1H3,(H,16,18)(H,19,20). The van der Waals surface area contributed by atoms with Crippen LogP contribution in [-0.4, -0.2) is 27.8 Å². The minimum atomic E-state index is -0.962. The second kappa shape index (κ2) is 5.83. The van der Waals surface area contributed by atoms with E-state index in [1.807, 2.05) is 22.9 Å². The van der Waals surface area contributed by atoms with Crippen molar-refractivity contribution in [3.8, 4) is 5.69 Å².